The quantitative estimate of drug-likeness (QED) is 0.278. The molecule has 0 aliphatic rings. The Bertz CT molecular complexity index is 367. The van der Waals surface area contributed by atoms with Crippen LogP contribution in [-0.2, 0) is 20.8 Å². The van der Waals surface area contributed by atoms with E-state index in [9.17, 15) is 4.79 Å². The number of amides is 1. The minimum absolute atomic E-state index is 0.230. The number of nitrogen functional groups attached to an aromatic ring is 1. The Morgan fingerprint density at radius 1 is 1.32 bits per heavy atom. The molecule has 7 nitrogen and oxygen atoms in total. The highest BCUT2D eigenvalue weighted by Gasteiger charge is 2.13. The normalized spacial score (nSPS) is 10.6. The second-order valence-electron chi connectivity index (χ2n) is 3.74. The summed E-state index contributed by atoms with van der Waals surface area (Å²) in [7, 11) is 1.63. The highest BCUT2D eigenvalue weighted by atomic mass is 16.5. The average molecular weight is 272 g/mol. The molecule has 0 spiro atoms. The van der Waals surface area contributed by atoms with Gasteiger partial charge in [0, 0.05) is 20.3 Å². The third-order valence-corrected chi connectivity index (χ3v) is 2.36. The van der Waals surface area contributed by atoms with Gasteiger partial charge in [-0.05, 0) is 12.5 Å². The van der Waals surface area contributed by atoms with Crippen LogP contribution < -0.4 is 11.3 Å². The number of hydrogen-bond acceptors (Lipinski definition) is 6. The molecule has 0 unspecified atom stereocenters. The molecule has 0 aromatic carbocycles. The Hall–Kier alpha value is -1.41. The summed E-state index contributed by atoms with van der Waals surface area (Å²) in [6, 6.07) is 1.55. The molecule has 0 aliphatic heterocycles. The predicted molar refractivity (Wildman–Crippen MR) is 67.3 cm³/mol. The van der Waals surface area contributed by atoms with E-state index < -0.39 is 5.91 Å². The zero-order valence-electron chi connectivity index (χ0n) is 11.0. The summed E-state index contributed by atoms with van der Waals surface area (Å²) in [5.41, 5.74) is 2.44. The maximum atomic E-state index is 11.3. The lowest BCUT2D eigenvalue weighted by Gasteiger charge is -2.05. The van der Waals surface area contributed by atoms with E-state index in [-0.39, 0.29) is 6.61 Å². The van der Waals surface area contributed by atoms with Crippen LogP contribution in [0, 0.1) is 0 Å². The van der Waals surface area contributed by atoms with E-state index in [0.29, 0.717) is 37.8 Å². The molecule has 0 fully saturated rings. The van der Waals surface area contributed by atoms with Crippen molar-refractivity contribution >= 4 is 5.91 Å². The summed E-state index contributed by atoms with van der Waals surface area (Å²) < 4.78 is 20.7. The summed E-state index contributed by atoms with van der Waals surface area (Å²) in [6.07, 6.45) is 2.19. The van der Waals surface area contributed by atoms with Gasteiger partial charge >= 0.3 is 0 Å². The van der Waals surface area contributed by atoms with Crippen molar-refractivity contribution in [3.05, 3.63) is 23.7 Å². The van der Waals surface area contributed by atoms with E-state index in [1.807, 2.05) is 0 Å². The molecule has 19 heavy (non-hydrogen) atoms. The number of hydrogen-bond donors (Lipinski definition) is 2. The van der Waals surface area contributed by atoms with Gasteiger partial charge in [-0.3, -0.25) is 10.2 Å². The van der Waals surface area contributed by atoms with Crippen LogP contribution in [0.2, 0.25) is 0 Å². The number of hydrazine groups is 1. The first-order valence-corrected chi connectivity index (χ1v) is 6.01. The molecule has 0 aliphatic carbocycles. The van der Waals surface area contributed by atoms with Crippen LogP contribution in [-0.4, -0.2) is 39.4 Å². The van der Waals surface area contributed by atoms with Gasteiger partial charge in [0.1, 0.15) is 12.4 Å². The molecule has 1 amide bonds. The molecule has 0 saturated heterocycles. The SMILES string of the molecule is COCCOCCCOCc1occc1C(=O)NN. The van der Waals surface area contributed by atoms with E-state index in [0.717, 1.165) is 6.42 Å². The number of nitrogens with two attached hydrogens (primary N) is 1. The minimum Gasteiger partial charge on any atom is -0.466 e. The fourth-order valence-electron chi connectivity index (χ4n) is 1.40. The zero-order valence-corrected chi connectivity index (χ0v) is 11.0. The third kappa shape index (κ3) is 5.84. The Labute approximate surface area is 112 Å². The summed E-state index contributed by atoms with van der Waals surface area (Å²) in [5.74, 6) is 5.13. The van der Waals surface area contributed by atoms with Crippen molar-refractivity contribution in [2.75, 3.05) is 33.5 Å². The molecule has 0 bridgehead atoms. The number of nitrogens with one attached hydrogen (secondary N) is 1. The lowest BCUT2D eigenvalue weighted by atomic mass is 10.2. The summed E-state index contributed by atoms with van der Waals surface area (Å²) in [6.45, 7) is 2.53. The van der Waals surface area contributed by atoms with Gasteiger partial charge in [-0.25, -0.2) is 5.84 Å². The van der Waals surface area contributed by atoms with E-state index in [1.165, 1.54) is 6.26 Å². The topological polar surface area (TPSA) is 95.9 Å². The molecule has 1 heterocycles. The molecular weight excluding hydrogens is 252 g/mol. The smallest absolute Gasteiger partial charge is 0.268 e. The van der Waals surface area contributed by atoms with Crippen molar-refractivity contribution in [1.82, 2.24) is 5.43 Å². The fourth-order valence-corrected chi connectivity index (χ4v) is 1.40. The molecule has 1 rings (SSSR count). The first-order chi connectivity index (χ1) is 9.29. The van der Waals surface area contributed by atoms with Gasteiger partial charge in [-0.1, -0.05) is 0 Å². The number of carbonyl (C=O) groups is 1. The number of furan rings is 1. The number of ether oxygens (including phenoxy) is 3. The molecule has 0 radical (unpaired) electrons. The van der Waals surface area contributed by atoms with Crippen LogP contribution in [0.1, 0.15) is 22.5 Å². The van der Waals surface area contributed by atoms with Crippen molar-refractivity contribution in [3.8, 4) is 0 Å². The second kappa shape index (κ2) is 9.51. The van der Waals surface area contributed by atoms with Gasteiger partial charge in [0.2, 0.25) is 0 Å². The van der Waals surface area contributed by atoms with Gasteiger partial charge in [0.15, 0.2) is 0 Å². The Kier molecular flexibility index (Phi) is 7.83. The first kappa shape index (κ1) is 15.6. The summed E-state index contributed by atoms with van der Waals surface area (Å²) >= 11 is 0. The van der Waals surface area contributed by atoms with E-state index >= 15 is 0 Å². The highest BCUT2D eigenvalue weighted by Crippen LogP contribution is 2.11. The van der Waals surface area contributed by atoms with Gasteiger partial charge in [-0.15, -0.1) is 0 Å². The van der Waals surface area contributed by atoms with Gasteiger partial charge in [0.05, 0.1) is 25.0 Å². The Balaban J connectivity index is 2.13. The zero-order chi connectivity index (χ0) is 13.9. The monoisotopic (exact) mass is 272 g/mol. The van der Waals surface area contributed by atoms with E-state index in [4.69, 9.17) is 24.5 Å². The average Bonchev–Trinajstić information content (AvgIpc) is 2.89. The lowest BCUT2D eigenvalue weighted by molar-refractivity contribution is 0.0450. The third-order valence-electron chi connectivity index (χ3n) is 2.36. The lowest BCUT2D eigenvalue weighted by Crippen LogP contribution is -2.30. The van der Waals surface area contributed by atoms with Crippen molar-refractivity contribution in [2.45, 2.75) is 13.0 Å². The van der Waals surface area contributed by atoms with Crippen LogP contribution in [0.3, 0.4) is 0 Å². The van der Waals surface area contributed by atoms with Gasteiger partial charge in [-0.2, -0.15) is 0 Å². The van der Waals surface area contributed by atoms with Crippen LogP contribution in [0.15, 0.2) is 16.7 Å². The predicted octanol–water partition coefficient (Wildman–Crippen LogP) is 0.453. The van der Waals surface area contributed by atoms with Crippen molar-refractivity contribution in [3.63, 3.8) is 0 Å². The standard InChI is InChI=1S/C12H20N2O5/c1-16-7-8-17-4-2-5-18-9-11-10(3-6-19-11)12(15)14-13/h3,6H,2,4-5,7-9,13H2,1H3,(H,14,15). The number of methoxy groups -OCH3 is 1. The second-order valence-corrected chi connectivity index (χ2v) is 3.74. The van der Waals surface area contributed by atoms with Crippen molar-refractivity contribution in [2.24, 2.45) is 5.84 Å². The van der Waals surface area contributed by atoms with E-state index in [1.54, 1.807) is 13.2 Å². The fraction of sp³-hybridized carbons (Fsp3) is 0.583. The minimum atomic E-state index is -0.393. The molecule has 1 aromatic heterocycles. The van der Waals surface area contributed by atoms with Crippen LogP contribution >= 0.6 is 0 Å². The number of rotatable bonds is 10. The molecular formula is C12H20N2O5. The Morgan fingerprint density at radius 3 is 2.84 bits per heavy atom. The van der Waals surface area contributed by atoms with Gasteiger partial charge in [0.25, 0.3) is 5.91 Å². The molecule has 7 heteroatoms. The van der Waals surface area contributed by atoms with Crippen LogP contribution in [0.5, 0.6) is 0 Å². The Morgan fingerprint density at radius 2 is 2.11 bits per heavy atom. The highest BCUT2D eigenvalue weighted by molar-refractivity contribution is 5.94. The maximum absolute atomic E-state index is 11.3. The summed E-state index contributed by atoms with van der Waals surface area (Å²) in [5, 5.41) is 0. The molecule has 0 atom stereocenters. The van der Waals surface area contributed by atoms with Crippen LogP contribution in [0.25, 0.3) is 0 Å². The van der Waals surface area contributed by atoms with Crippen LogP contribution in [0.4, 0.5) is 0 Å². The molecule has 108 valence electrons. The molecule has 3 N–H and O–H groups in total. The van der Waals surface area contributed by atoms with Gasteiger partial charge < -0.3 is 18.6 Å². The first-order valence-electron chi connectivity index (χ1n) is 6.01. The molecule has 0 saturated carbocycles. The van der Waals surface area contributed by atoms with Crippen molar-refractivity contribution in [1.29, 1.82) is 0 Å². The van der Waals surface area contributed by atoms with Crippen molar-refractivity contribution < 1.29 is 23.4 Å². The van der Waals surface area contributed by atoms with E-state index in [2.05, 4.69) is 5.43 Å². The summed E-state index contributed by atoms with van der Waals surface area (Å²) in [4.78, 5) is 11.3. The number of carbonyl (C=O) groups excluding carboxylic acids is 1. The largest absolute Gasteiger partial charge is 0.466 e. The molecule has 1 aromatic rings. The maximum Gasteiger partial charge on any atom is 0.268 e.